The van der Waals surface area contributed by atoms with Gasteiger partial charge in [-0.1, -0.05) is 0 Å². The lowest BCUT2D eigenvalue weighted by Crippen LogP contribution is -2.63. The molecule has 2 heterocycles. The Kier molecular flexibility index (Phi) is 3.84. The molecule has 2 aliphatic heterocycles. The monoisotopic (exact) mass is 257 g/mol. The van der Waals surface area contributed by atoms with Crippen LogP contribution in [0.25, 0.3) is 0 Å². The summed E-state index contributed by atoms with van der Waals surface area (Å²) in [7, 11) is 1.54. The van der Waals surface area contributed by atoms with Gasteiger partial charge in [0.25, 0.3) is 0 Å². The highest BCUT2D eigenvalue weighted by Crippen LogP contribution is 2.21. The van der Waals surface area contributed by atoms with E-state index in [4.69, 9.17) is 15.2 Å². The molecular formula is C11H19N3O4. The standard InChI is InChI=1S/C11H19N3O4/c1-13-9(15)8-6-17-5-3-14(8)10(16)11(12)2-4-18-7-11/h8H,2-7,12H2,1H3,(H,13,15). The van der Waals surface area contributed by atoms with Crippen LogP contribution in [0.3, 0.4) is 0 Å². The third-order valence-electron chi connectivity index (χ3n) is 3.42. The predicted molar refractivity (Wildman–Crippen MR) is 62.7 cm³/mol. The Morgan fingerprint density at radius 3 is 2.78 bits per heavy atom. The molecule has 0 aliphatic carbocycles. The second-order valence-corrected chi connectivity index (χ2v) is 4.66. The molecule has 2 amide bonds. The molecule has 0 spiro atoms. The summed E-state index contributed by atoms with van der Waals surface area (Å²) in [6.07, 6.45) is 0.490. The lowest BCUT2D eigenvalue weighted by Gasteiger charge is -2.38. The smallest absolute Gasteiger partial charge is 0.245 e. The highest BCUT2D eigenvalue weighted by atomic mass is 16.5. The topological polar surface area (TPSA) is 93.9 Å². The molecule has 0 saturated carbocycles. The molecule has 7 heteroatoms. The quantitative estimate of drug-likeness (QED) is 0.601. The minimum atomic E-state index is -0.996. The van der Waals surface area contributed by atoms with Gasteiger partial charge in [0.05, 0.1) is 19.8 Å². The van der Waals surface area contributed by atoms with Crippen LogP contribution in [0.1, 0.15) is 6.42 Å². The first-order valence-corrected chi connectivity index (χ1v) is 6.05. The van der Waals surface area contributed by atoms with Gasteiger partial charge in [-0.2, -0.15) is 0 Å². The van der Waals surface area contributed by atoms with Gasteiger partial charge in [-0.15, -0.1) is 0 Å². The van der Waals surface area contributed by atoms with E-state index in [2.05, 4.69) is 5.32 Å². The van der Waals surface area contributed by atoms with Crippen LogP contribution < -0.4 is 11.1 Å². The number of nitrogens with one attached hydrogen (secondary N) is 1. The van der Waals surface area contributed by atoms with E-state index in [0.29, 0.717) is 26.2 Å². The first kappa shape index (κ1) is 13.3. The fourth-order valence-electron chi connectivity index (χ4n) is 2.27. The van der Waals surface area contributed by atoms with E-state index in [1.807, 2.05) is 0 Å². The van der Waals surface area contributed by atoms with Gasteiger partial charge < -0.3 is 25.4 Å². The number of hydrogen-bond donors (Lipinski definition) is 2. The molecule has 2 fully saturated rings. The van der Waals surface area contributed by atoms with Crippen molar-refractivity contribution in [2.75, 3.05) is 40.0 Å². The number of carbonyl (C=O) groups is 2. The minimum absolute atomic E-state index is 0.211. The van der Waals surface area contributed by atoms with Crippen LogP contribution in [0.4, 0.5) is 0 Å². The highest BCUT2D eigenvalue weighted by molar-refractivity contribution is 5.92. The average molecular weight is 257 g/mol. The molecule has 3 N–H and O–H groups in total. The fourth-order valence-corrected chi connectivity index (χ4v) is 2.27. The Labute approximate surface area is 106 Å². The Morgan fingerprint density at radius 1 is 1.39 bits per heavy atom. The van der Waals surface area contributed by atoms with Gasteiger partial charge in [0.1, 0.15) is 11.6 Å². The maximum atomic E-state index is 12.4. The van der Waals surface area contributed by atoms with Crippen molar-refractivity contribution in [2.45, 2.75) is 18.0 Å². The molecule has 18 heavy (non-hydrogen) atoms. The third-order valence-corrected chi connectivity index (χ3v) is 3.42. The molecule has 2 saturated heterocycles. The van der Waals surface area contributed by atoms with E-state index >= 15 is 0 Å². The molecule has 2 unspecified atom stereocenters. The Bertz CT molecular complexity index is 341. The molecule has 0 aromatic rings. The van der Waals surface area contributed by atoms with Crippen molar-refractivity contribution in [3.05, 3.63) is 0 Å². The van der Waals surface area contributed by atoms with Gasteiger partial charge in [-0.3, -0.25) is 9.59 Å². The maximum absolute atomic E-state index is 12.4. The number of ether oxygens (including phenoxy) is 2. The van der Waals surface area contributed by atoms with Crippen molar-refractivity contribution in [1.82, 2.24) is 10.2 Å². The Morgan fingerprint density at radius 2 is 2.17 bits per heavy atom. The molecule has 0 bridgehead atoms. The van der Waals surface area contributed by atoms with Gasteiger partial charge >= 0.3 is 0 Å². The van der Waals surface area contributed by atoms with Crippen molar-refractivity contribution >= 4 is 11.8 Å². The summed E-state index contributed by atoms with van der Waals surface area (Å²) in [6, 6.07) is -0.600. The molecule has 102 valence electrons. The predicted octanol–water partition coefficient (Wildman–Crippen LogP) is -1.92. The van der Waals surface area contributed by atoms with Crippen LogP contribution in [0.2, 0.25) is 0 Å². The normalized spacial score (nSPS) is 32.3. The van der Waals surface area contributed by atoms with Crippen molar-refractivity contribution in [1.29, 1.82) is 0 Å². The van der Waals surface area contributed by atoms with Crippen molar-refractivity contribution in [3.8, 4) is 0 Å². The number of rotatable bonds is 2. The summed E-state index contributed by atoms with van der Waals surface area (Å²) in [5, 5.41) is 2.54. The summed E-state index contributed by atoms with van der Waals surface area (Å²) in [6.45, 7) is 1.72. The number of morpholine rings is 1. The first-order chi connectivity index (χ1) is 8.58. The number of amides is 2. The minimum Gasteiger partial charge on any atom is -0.379 e. The second kappa shape index (κ2) is 5.21. The Balaban J connectivity index is 2.13. The summed E-state index contributed by atoms with van der Waals surface area (Å²) in [5.74, 6) is -0.456. The molecule has 0 radical (unpaired) electrons. The number of nitrogens with zero attached hydrogens (tertiary/aromatic N) is 1. The molecule has 7 nitrogen and oxygen atoms in total. The maximum Gasteiger partial charge on any atom is 0.245 e. The van der Waals surface area contributed by atoms with E-state index in [9.17, 15) is 9.59 Å². The zero-order chi connectivity index (χ0) is 13.2. The molecule has 2 rings (SSSR count). The summed E-state index contributed by atoms with van der Waals surface area (Å²) < 4.78 is 10.4. The van der Waals surface area contributed by atoms with E-state index < -0.39 is 11.6 Å². The first-order valence-electron chi connectivity index (χ1n) is 6.05. The van der Waals surface area contributed by atoms with Crippen molar-refractivity contribution in [3.63, 3.8) is 0 Å². The highest BCUT2D eigenvalue weighted by Gasteiger charge is 2.45. The summed E-state index contributed by atoms with van der Waals surface area (Å²) >= 11 is 0. The third kappa shape index (κ3) is 2.33. The molecule has 0 aromatic carbocycles. The van der Waals surface area contributed by atoms with Crippen molar-refractivity contribution < 1.29 is 19.1 Å². The van der Waals surface area contributed by atoms with Crippen LogP contribution in [-0.4, -0.2) is 68.3 Å². The lowest BCUT2D eigenvalue weighted by atomic mass is 9.97. The van der Waals surface area contributed by atoms with E-state index in [1.165, 1.54) is 11.9 Å². The summed E-state index contributed by atoms with van der Waals surface area (Å²) in [4.78, 5) is 25.7. The van der Waals surface area contributed by atoms with Gasteiger partial charge in [0.15, 0.2) is 0 Å². The number of hydrogen-bond acceptors (Lipinski definition) is 5. The lowest BCUT2D eigenvalue weighted by molar-refractivity contribution is -0.152. The van der Waals surface area contributed by atoms with Gasteiger partial charge in [-0.05, 0) is 6.42 Å². The number of carbonyl (C=O) groups excluding carboxylic acids is 2. The number of nitrogens with two attached hydrogens (primary N) is 1. The zero-order valence-corrected chi connectivity index (χ0v) is 10.5. The van der Waals surface area contributed by atoms with Crippen LogP contribution in [-0.2, 0) is 19.1 Å². The average Bonchev–Trinajstić information content (AvgIpc) is 2.85. The van der Waals surface area contributed by atoms with Crippen LogP contribution in [0.5, 0.6) is 0 Å². The van der Waals surface area contributed by atoms with Gasteiger partial charge in [-0.25, -0.2) is 0 Å². The van der Waals surface area contributed by atoms with Gasteiger partial charge in [0.2, 0.25) is 11.8 Å². The van der Waals surface area contributed by atoms with E-state index in [-0.39, 0.29) is 25.0 Å². The van der Waals surface area contributed by atoms with Crippen LogP contribution >= 0.6 is 0 Å². The zero-order valence-electron chi connectivity index (χ0n) is 10.5. The number of likely N-dealkylation sites (N-methyl/N-ethyl adjacent to an activating group) is 1. The van der Waals surface area contributed by atoms with Crippen molar-refractivity contribution in [2.24, 2.45) is 5.73 Å². The molecule has 2 aliphatic rings. The second-order valence-electron chi connectivity index (χ2n) is 4.66. The molecular weight excluding hydrogens is 238 g/mol. The molecule has 0 aromatic heterocycles. The SMILES string of the molecule is CNC(=O)C1COCCN1C(=O)C1(N)CCOC1. The Hall–Kier alpha value is -1.18. The molecule has 2 atom stereocenters. The van der Waals surface area contributed by atoms with Crippen LogP contribution in [0.15, 0.2) is 0 Å². The van der Waals surface area contributed by atoms with Gasteiger partial charge in [0, 0.05) is 20.2 Å². The fraction of sp³-hybridized carbons (Fsp3) is 0.818. The van der Waals surface area contributed by atoms with E-state index in [0.717, 1.165) is 0 Å². The van der Waals surface area contributed by atoms with Crippen LogP contribution in [0, 0.1) is 0 Å². The van der Waals surface area contributed by atoms with E-state index in [1.54, 1.807) is 0 Å². The summed E-state index contributed by atoms with van der Waals surface area (Å²) in [5.41, 5.74) is 5.05. The largest absolute Gasteiger partial charge is 0.379 e.